The molecule has 2 aromatic rings. The molecule has 0 saturated carbocycles. The van der Waals surface area contributed by atoms with Crippen molar-refractivity contribution in [2.45, 2.75) is 31.1 Å². The van der Waals surface area contributed by atoms with Crippen molar-refractivity contribution in [3.63, 3.8) is 0 Å². The second kappa shape index (κ2) is 6.86. The fraction of sp³-hybridized carbons (Fsp3) is 0.412. The van der Waals surface area contributed by atoms with E-state index in [1.54, 1.807) is 17.9 Å². The number of carbonyl (C=O) groups excluding carboxylic acids is 1. The number of sulfonamides is 1. The first-order chi connectivity index (χ1) is 11.5. The maximum atomic E-state index is 12.7. The molecule has 24 heavy (non-hydrogen) atoms. The van der Waals surface area contributed by atoms with Gasteiger partial charge in [0, 0.05) is 32.3 Å². The minimum atomic E-state index is -3.42. The molecule has 1 atom stereocenters. The van der Waals surface area contributed by atoms with Crippen LogP contribution >= 0.6 is 0 Å². The molecule has 0 amide bonds. The zero-order chi connectivity index (χ0) is 17.2. The van der Waals surface area contributed by atoms with Crippen LogP contribution in [-0.4, -0.2) is 40.9 Å². The maximum Gasteiger partial charge on any atom is 0.218 e. The zero-order valence-electron chi connectivity index (χ0n) is 13.6. The summed E-state index contributed by atoms with van der Waals surface area (Å²) in [5, 5.41) is 4.00. The van der Waals surface area contributed by atoms with Gasteiger partial charge in [-0.15, -0.1) is 0 Å². The summed E-state index contributed by atoms with van der Waals surface area (Å²) in [5.74, 6) is -0.0827. The molecule has 0 spiro atoms. The van der Waals surface area contributed by atoms with Crippen molar-refractivity contribution < 1.29 is 13.2 Å². The molecule has 0 bridgehead atoms. The van der Waals surface area contributed by atoms with E-state index in [0.717, 1.165) is 18.4 Å². The van der Waals surface area contributed by atoms with Crippen LogP contribution in [0.1, 0.15) is 35.2 Å². The molecule has 0 N–H and O–H groups in total. The summed E-state index contributed by atoms with van der Waals surface area (Å²) in [6, 6.07) is 8.89. The van der Waals surface area contributed by atoms with Crippen LogP contribution in [0.3, 0.4) is 0 Å². The Morgan fingerprint density at radius 1 is 1.29 bits per heavy atom. The van der Waals surface area contributed by atoms with Gasteiger partial charge in [0.1, 0.15) is 0 Å². The van der Waals surface area contributed by atoms with Gasteiger partial charge >= 0.3 is 0 Å². The molecule has 1 aromatic heterocycles. The van der Waals surface area contributed by atoms with E-state index in [2.05, 4.69) is 5.10 Å². The van der Waals surface area contributed by atoms with Crippen LogP contribution in [0.2, 0.25) is 0 Å². The maximum absolute atomic E-state index is 12.7. The summed E-state index contributed by atoms with van der Waals surface area (Å²) >= 11 is 0. The highest BCUT2D eigenvalue weighted by atomic mass is 32.2. The van der Waals surface area contributed by atoms with Crippen molar-refractivity contribution in [2.24, 2.45) is 7.05 Å². The summed E-state index contributed by atoms with van der Waals surface area (Å²) in [4.78, 5) is 12.4. The fourth-order valence-corrected chi connectivity index (χ4v) is 4.97. The number of nitrogens with zero attached hydrogens (tertiary/aromatic N) is 3. The predicted octanol–water partition coefficient (Wildman–Crippen LogP) is 1.99. The Labute approximate surface area is 142 Å². The minimum absolute atomic E-state index is 0.0224. The van der Waals surface area contributed by atoms with E-state index in [-0.39, 0.29) is 24.0 Å². The average Bonchev–Trinajstić information content (AvgIpc) is 3.17. The second-order valence-electron chi connectivity index (χ2n) is 6.18. The molecule has 3 rings (SSSR count). The van der Waals surface area contributed by atoms with E-state index in [1.807, 2.05) is 30.3 Å². The minimum Gasteiger partial charge on any atom is -0.294 e. The van der Waals surface area contributed by atoms with E-state index in [0.29, 0.717) is 12.1 Å². The Morgan fingerprint density at radius 3 is 2.71 bits per heavy atom. The van der Waals surface area contributed by atoms with Crippen LogP contribution in [0.4, 0.5) is 0 Å². The third-order valence-electron chi connectivity index (χ3n) is 4.32. The molecular weight excluding hydrogens is 326 g/mol. The first-order valence-electron chi connectivity index (χ1n) is 8.01. The normalized spacial score (nSPS) is 18.8. The summed E-state index contributed by atoms with van der Waals surface area (Å²) in [5.41, 5.74) is 1.30. The molecule has 128 valence electrons. The molecule has 1 aliphatic heterocycles. The number of aryl methyl sites for hydroxylation is 1. The lowest BCUT2D eigenvalue weighted by Gasteiger charge is -2.23. The smallest absolute Gasteiger partial charge is 0.218 e. The second-order valence-corrected chi connectivity index (χ2v) is 8.10. The topological polar surface area (TPSA) is 72.3 Å². The van der Waals surface area contributed by atoms with Gasteiger partial charge < -0.3 is 0 Å². The van der Waals surface area contributed by atoms with E-state index >= 15 is 0 Å². The Hall–Kier alpha value is -1.99. The van der Waals surface area contributed by atoms with Gasteiger partial charge in [0.25, 0.3) is 0 Å². The van der Waals surface area contributed by atoms with Crippen LogP contribution in [0.25, 0.3) is 0 Å². The summed E-state index contributed by atoms with van der Waals surface area (Å²) < 4.78 is 28.5. The number of benzene rings is 1. The lowest BCUT2D eigenvalue weighted by molar-refractivity contribution is 0.0961. The van der Waals surface area contributed by atoms with Gasteiger partial charge in [-0.05, 0) is 18.4 Å². The summed E-state index contributed by atoms with van der Waals surface area (Å²) in [7, 11) is -1.67. The van der Waals surface area contributed by atoms with E-state index in [4.69, 9.17) is 0 Å². The lowest BCUT2D eigenvalue weighted by atomic mass is 10.1. The number of rotatable bonds is 6. The standard InChI is InChI=1S/C17H21N3O3S/c1-19-12-15(11-18-19)17(21)10-16-8-5-9-20(16)24(22,23)13-14-6-3-2-4-7-14/h2-4,6-7,11-12,16H,5,8-10,13H2,1H3. The highest BCUT2D eigenvalue weighted by Crippen LogP contribution is 2.26. The van der Waals surface area contributed by atoms with E-state index in [1.165, 1.54) is 10.5 Å². The third-order valence-corrected chi connectivity index (χ3v) is 6.21. The average molecular weight is 347 g/mol. The quantitative estimate of drug-likeness (QED) is 0.749. The van der Waals surface area contributed by atoms with Crippen molar-refractivity contribution in [3.8, 4) is 0 Å². The van der Waals surface area contributed by atoms with Gasteiger partial charge in [-0.1, -0.05) is 30.3 Å². The van der Waals surface area contributed by atoms with Crippen LogP contribution in [0.5, 0.6) is 0 Å². The Morgan fingerprint density at radius 2 is 2.04 bits per heavy atom. The number of hydrogen-bond acceptors (Lipinski definition) is 4. The Balaban J connectivity index is 1.71. The first kappa shape index (κ1) is 16.9. The monoisotopic (exact) mass is 347 g/mol. The Kier molecular flexibility index (Phi) is 4.82. The first-order valence-corrected chi connectivity index (χ1v) is 9.62. The van der Waals surface area contributed by atoms with Crippen molar-refractivity contribution >= 4 is 15.8 Å². The van der Waals surface area contributed by atoms with E-state index < -0.39 is 10.0 Å². The molecule has 1 fully saturated rings. The van der Waals surface area contributed by atoms with Crippen LogP contribution in [-0.2, 0) is 22.8 Å². The van der Waals surface area contributed by atoms with Gasteiger partial charge in [0.05, 0.1) is 17.5 Å². The van der Waals surface area contributed by atoms with Crippen LogP contribution in [0, 0.1) is 0 Å². The van der Waals surface area contributed by atoms with Gasteiger partial charge in [-0.2, -0.15) is 9.40 Å². The SMILES string of the molecule is Cn1cc(C(=O)CC2CCCN2S(=O)(=O)Cc2ccccc2)cn1. The molecule has 1 unspecified atom stereocenters. The van der Waals surface area contributed by atoms with Gasteiger partial charge in [-0.25, -0.2) is 8.42 Å². The molecule has 2 heterocycles. The molecule has 7 heteroatoms. The fourth-order valence-electron chi connectivity index (χ4n) is 3.14. The van der Waals surface area contributed by atoms with Crippen molar-refractivity contribution in [1.82, 2.24) is 14.1 Å². The number of ketones is 1. The molecule has 0 aliphatic carbocycles. The van der Waals surface area contributed by atoms with Gasteiger partial charge in [0.15, 0.2) is 5.78 Å². The van der Waals surface area contributed by atoms with Crippen LogP contribution < -0.4 is 0 Å². The number of aromatic nitrogens is 2. The van der Waals surface area contributed by atoms with Crippen molar-refractivity contribution in [3.05, 3.63) is 53.9 Å². The number of carbonyl (C=O) groups is 1. The molecule has 0 radical (unpaired) electrons. The van der Waals surface area contributed by atoms with Gasteiger partial charge in [0.2, 0.25) is 10.0 Å². The predicted molar refractivity (Wildman–Crippen MR) is 90.9 cm³/mol. The number of hydrogen-bond donors (Lipinski definition) is 0. The van der Waals surface area contributed by atoms with Crippen molar-refractivity contribution in [2.75, 3.05) is 6.54 Å². The molecule has 1 saturated heterocycles. The number of Topliss-reactive ketones (excluding diaryl/α,β-unsaturated/α-hetero) is 1. The highest BCUT2D eigenvalue weighted by molar-refractivity contribution is 7.88. The molecule has 6 nitrogen and oxygen atoms in total. The summed E-state index contributed by atoms with van der Waals surface area (Å²) in [6.45, 7) is 0.486. The Bertz CT molecular complexity index is 815. The van der Waals surface area contributed by atoms with Gasteiger partial charge in [-0.3, -0.25) is 9.48 Å². The lowest BCUT2D eigenvalue weighted by Crippen LogP contribution is -2.37. The summed E-state index contributed by atoms with van der Waals surface area (Å²) in [6.07, 6.45) is 4.92. The van der Waals surface area contributed by atoms with Crippen LogP contribution in [0.15, 0.2) is 42.7 Å². The largest absolute Gasteiger partial charge is 0.294 e. The molecule has 1 aromatic carbocycles. The zero-order valence-corrected chi connectivity index (χ0v) is 14.4. The molecule has 1 aliphatic rings. The third kappa shape index (κ3) is 3.73. The van der Waals surface area contributed by atoms with E-state index in [9.17, 15) is 13.2 Å². The highest BCUT2D eigenvalue weighted by Gasteiger charge is 2.35. The molecular formula is C17H21N3O3S. The van der Waals surface area contributed by atoms with Crippen molar-refractivity contribution in [1.29, 1.82) is 0 Å².